The molecule has 2 rings (SSSR count). The molecule has 0 spiro atoms. The van der Waals surface area contributed by atoms with E-state index in [2.05, 4.69) is 9.88 Å². The number of hydrogen-bond donors (Lipinski definition) is 1. The van der Waals surface area contributed by atoms with Gasteiger partial charge in [-0.25, -0.2) is 4.98 Å². The third-order valence-corrected chi connectivity index (χ3v) is 3.80. The van der Waals surface area contributed by atoms with Gasteiger partial charge in [0.2, 0.25) is 0 Å². The Bertz CT molecular complexity index is 359. The number of anilines is 1. The standard InChI is InChI=1S/C10H15N3OS/c11-10-7-9(1-2-12-10)8-13-3-5-15(14)6-4-13/h1-2,7H,3-6,8H2,(H2,11,12). The molecule has 1 aromatic heterocycles. The van der Waals surface area contributed by atoms with Crippen LogP contribution < -0.4 is 5.73 Å². The van der Waals surface area contributed by atoms with Crippen LogP contribution in [0.4, 0.5) is 5.82 Å². The first-order valence-electron chi connectivity index (χ1n) is 5.02. The molecule has 4 nitrogen and oxygen atoms in total. The second-order valence-corrected chi connectivity index (χ2v) is 5.41. The summed E-state index contributed by atoms with van der Waals surface area (Å²) in [6, 6.07) is 3.87. The molecule has 82 valence electrons. The second-order valence-electron chi connectivity index (χ2n) is 3.71. The maximum absolute atomic E-state index is 11.2. The van der Waals surface area contributed by atoms with Gasteiger partial charge in [0.25, 0.3) is 0 Å². The molecule has 1 saturated heterocycles. The molecule has 0 unspecified atom stereocenters. The zero-order valence-corrected chi connectivity index (χ0v) is 9.37. The molecule has 0 amide bonds. The highest BCUT2D eigenvalue weighted by atomic mass is 32.2. The van der Waals surface area contributed by atoms with Crippen LogP contribution in [-0.2, 0) is 17.3 Å². The lowest BCUT2D eigenvalue weighted by Crippen LogP contribution is -2.37. The first-order valence-corrected chi connectivity index (χ1v) is 6.50. The third-order valence-electron chi connectivity index (χ3n) is 2.52. The molecular weight excluding hydrogens is 210 g/mol. The van der Waals surface area contributed by atoms with Gasteiger partial charge in [0, 0.05) is 48.1 Å². The predicted molar refractivity (Wildman–Crippen MR) is 61.8 cm³/mol. The summed E-state index contributed by atoms with van der Waals surface area (Å²) in [6.07, 6.45) is 1.73. The van der Waals surface area contributed by atoms with Gasteiger partial charge in [-0.2, -0.15) is 0 Å². The van der Waals surface area contributed by atoms with E-state index in [1.165, 1.54) is 5.56 Å². The van der Waals surface area contributed by atoms with E-state index in [0.29, 0.717) is 5.82 Å². The zero-order valence-electron chi connectivity index (χ0n) is 8.56. The summed E-state index contributed by atoms with van der Waals surface area (Å²) in [7, 11) is -0.602. The molecule has 0 aromatic carbocycles. The average molecular weight is 225 g/mol. The Hall–Kier alpha value is -0.940. The molecule has 5 heteroatoms. The van der Waals surface area contributed by atoms with Gasteiger partial charge >= 0.3 is 0 Å². The van der Waals surface area contributed by atoms with E-state index in [9.17, 15) is 4.21 Å². The smallest absolute Gasteiger partial charge is 0.123 e. The molecule has 1 fully saturated rings. The molecule has 1 aromatic rings. The zero-order chi connectivity index (χ0) is 10.7. The maximum Gasteiger partial charge on any atom is 0.123 e. The van der Waals surface area contributed by atoms with Crippen LogP contribution in [-0.4, -0.2) is 38.7 Å². The van der Waals surface area contributed by atoms with Crippen molar-refractivity contribution >= 4 is 16.6 Å². The Labute approximate surface area is 91.9 Å². The van der Waals surface area contributed by atoms with E-state index in [1.54, 1.807) is 6.20 Å². The summed E-state index contributed by atoms with van der Waals surface area (Å²) in [5.41, 5.74) is 6.78. The Kier molecular flexibility index (Phi) is 3.33. The quantitative estimate of drug-likeness (QED) is 0.782. The van der Waals surface area contributed by atoms with E-state index >= 15 is 0 Å². The van der Waals surface area contributed by atoms with Crippen molar-refractivity contribution in [2.24, 2.45) is 0 Å². The molecule has 0 bridgehead atoms. The molecule has 2 heterocycles. The summed E-state index contributed by atoms with van der Waals surface area (Å²) >= 11 is 0. The van der Waals surface area contributed by atoms with Crippen molar-refractivity contribution in [3.63, 3.8) is 0 Å². The monoisotopic (exact) mass is 225 g/mol. The number of nitrogens with two attached hydrogens (primary N) is 1. The van der Waals surface area contributed by atoms with Gasteiger partial charge in [-0.15, -0.1) is 0 Å². The van der Waals surface area contributed by atoms with Crippen LogP contribution in [0.5, 0.6) is 0 Å². The fourth-order valence-electron chi connectivity index (χ4n) is 1.68. The van der Waals surface area contributed by atoms with Gasteiger partial charge in [0.15, 0.2) is 0 Å². The molecular formula is C10H15N3OS. The highest BCUT2D eigenvalue weighted by molar-refractivity contribution is 7.85. The van der Waals surface area contributed by atoms with Gasteiger partial charge < -0.3 is 5.73 Å². The summed E-state index contributed by atoms with van der Waals surface area (Å²) in [5.74, 6) is 2.15. The van der Waals surface area contributed by atoms with Crippen molar-refractivity contribution in [1.29, 1.82) is 0 Å². The molecule has 15 heavy (non-hydrogen) atoms. The van der Waals surface area contributed by atoms with Gasteiger partial charge in [-0.05, 0) is 17.7 Å². The number of nitrogens with zero attached hydrogens (tertiary/aromatic N) is 2. The molecule has 0 aliphatic carbocycles. The number of aromatic nitrogens is 1. The summed E-state index contributed by atoms with van der Waals surface area (Å²) in [5, 5.41) is 0. The fraction of sp³-hybridized carbons (Fsp3) is 0.500. The predicted octanol–water partition coefficient (Wildman–Crippen LogP) is 0.228. The Morgan fingerprint density at radius 2 is 2.20 bits per heavy atom. The Balaban J connectivity index is 1.94. The molecule has 1 aliphatic rings. The normalized spacial score (nSPS) is 19.2. The maximum atomic E-state index is 11.2. The van der Waals surface area contributed by atoms with Crippen molar-refractivity contribution in [3.8, 4) is 0 Å². The van der Waals surface area contributed by atoms with Gasteiger partial charge in [0.1, 0.15) is 5.82 Å². The number of hydrogen-bond acceptors (Lipinski definition) is 4. The van der Waals surface area contributed by atoms with E-state index in [4.69, 9.17) is 5.73 Å². The SMILES string of the molecule is Nc1cc(CN2CCS(=O)CC2)ccn1. The minimum absolute atomic E-state index is 0.563. The topological polar surface area (TPSA) is 59.2 Å². The second kappa shape index (κ2) is 4.72. The van der Waals surface area contributed by atoms with Crippen LogP contribution in [0.25, 0.3) is 0 Å². The molecule has 0 atom stereocenters. The van der Waals surface area contributed by atoms with E-state index in [0.717, 1.165) is 31.1 Å². The van der Waals surface area contributed by atoms with Crippen molar-refractivity contribution < 1.29 is 4.21 Å². The number of nitrogen functional groups attached to an aromatic ring is 1. The molecule has 0 saturated carbocycles. The lowest BCUT2D eigenvalue weighted by Gasteiger charge is -2.25. The number of pyridine rings is 1. The largest absolute Gasteiger partial charge is 0.384 e. The lowest BCUT2D eigenvalue weighted by molar-refractivity contribution is 0.291. The highest BCUT2D eigenvalue weighted by Crippen LogP contribution is 2.09. The van der Waals surface area contributed by atoms with Crippen LogP contribution >= 0.6 is 0 Å². The van der Waals surface area contributed by atoms with Crippen molar-refractivity contribution in [2.45, 2.75) is 6.54 Å². The van der Waals surface area contributed by atoms with Gasteiger partial charge in [-0.3, -0.25) is 9.11 Å². The summed E-state index contributed by atoms with van der Waals surface area (Å²) in [4.78, 5) is 6.26. The van der Waals surface area contributed by atoms with Gasteiger partial charge in [0.05, 0.1) is 0 Å². The van der Waals surface area contributed by atoms with Crippen LogP contribution in [0.2, 0.25) is 0 Å². The van der Waals surface area contributed by atoms with Crippen molar-refractivity contribution in [3.05, 3.63) is 23.9 Å². The summed E-state index contributed by atoms with van der Waals surface area (Å²) in [6.45, 7) is 2.70. The van der Waals surface area contributed by atoms with Crippen molar-refractivity contribution in [1.82, 2.24) is 9.88 Å². The summed E-state index contributed by atoms with van der Waals surface area (Å²) < 4.78 is 11.2. The lowest BCUT2D eigenvalue weighted by atomic mass is 10.2. The molecule has 2 N–H and O–H groups in total. The van der Waals surface area contributed by atoms with E-state index < -0.39 is 10.8 Å². The first-order chi connectivity index (χ1) is 7.24. The van der Waals surface area contributed by atoms with Crippen LogP contribution in [0, 0.1) is 0 Å². The molecule has 0 radical (unpaired) electrons. The van der Waals surface area contributed by atoms with E-state index in [1.807, 2.05) is 12.1 Å². The minimum atomic E-state index is -0.602. The van der Waals surface area contributed by atoms with Crippen LogP contribution in [0.3, 0.4) is 0 Å². The first kappa shape index (κ1) is 10.6. The third kappa shape index (κ3) is 3.00. The Morgan fingerprint density at radius 3 is 2.87 bits per heavy atom. The minimum Gasteiger partial charge on any atom is -0.384 e. The fourth-order valence-corrected chi connectivity index (χ4v) is 2.81. The van der Waals surface area contributed by atoms with E-state index in [-0.39, 0.29) is 0 Å². The average Bonchev–Trinajstić information content (AvgIpc) is 2.22. The number of rotatable bonds is 2. The van der Waals surface area contributed by atoms with Gasteiger partial charge in [-0.1, -0.05) is 0 Å². The van der Waals surface area contributed by atoms with Crippen LogP contribution in [0.1, 0.15) is 5.56 Å². The van der Waals surface area contributed by atoms with Crippen LogP contribution in [0.15, 0.2) is 18.3 Å². The molecule has 1 aliphatic heterocycles. The Morgan fingerprint density at radius 1 is 1.47 bits per heavy atom. The highest BCUT2D eigenvalue weighted by Gasteiger charge is 2.14. The van der Waals surface area contributed by atoms with Crippen molar-refractivity contribution in [2.75, 3.05) is 30.3 Å².